The van der Waals surface area contributed by atoms with E-state index in [2.05, 4.69) is 20.9 Å². The number of aromatic nitrogens is 1. The Hall–Kier alpha value is -3.17. The number of hydrogen-bond donors (Lipinski definition) is 0. The molecule has 1 aliphatic heterocycles. The number of ether oxygens (including phenoxy) is 2. The summed E-state index contributed by atoms with van der Waals surface area (Å²) in [5, 5.41) is 0. The summed E-state index contributed by atoms with van der Waals surface area (Å²) in [6.45, 7) is 7.85. The van der Waals surface area contributed by atoms with E-state index >= 15 is 0 Å². The van der Waals surface area contributed by atoms with E-state index in [0.717, 1.165) is 27.0 Å². The summed E-state index contributed by atoms with van der Waals surface area (Å²) in [5.41, 5.74) is 3.39. The van der Waals surface area contributed by atoms with Crippen LogP contribution in [0.1, 0.15) is 44.9 Å². The summed E-state index contributed by atoms with van der Waals surface area (Å²) >= 11 is 4.92. The van der Waals surface area contributed by atoms with Gasteiger partial charge in [-0.15, -0.1) is 0 Å². The highest BCUT2D eigenvalue weighted by atomic mass is 79.9. The van der Waals surface area contributed by atoms with Crippen LogP contribution in [0.5, 0.6) is 5.75 Å². The van der Waals surface area contributed by atoms with Crippen molar-refractivity contribution in [3.63, 3.8) is 0 Å². The molecular weight excluding hydrogens is 554 g/mol. The van der Waals surface area contributed by atoms with Gasteiger partial charge in [0.2, 0.25) is 0 Å². The minimum atomic E-state index is -0.664. The van der Waals surface area contributed by atoms with E-state index in [1.807, 2.05) is 74.5 Å². The Bertz CT molecular complexity index is 1530. The van der Waals surface area contributed by atoms with E-state index in [9.17, 15) is 9.59 Å². The lowest BCUT2D eigenvalue weighted by Crippen LogP contribution is -2.40. The third-order valence-corrected chi connectivity index (χ3v) is 7.46. The summed E-state index contributed by atoms with van der Waals surface area (Å²) in [6.07, 6.45) is 1.55. The van der Waals surface area contributed by atoms with Crippen LogP contribution >= 0.6 is 27.3 Å². The number of anilines is 1. The normalized spacial score (nSPS) is 15.5. The summed E-state index contributed by atoms with van der Waals surface area (Å²) < 4.78 is 14.2. The van der Waals surface area contributed by atoms with E-state index in [1.54, 1.807) is 25.3 Å². The van der Waals surface area contributed by atoms with Gasteiger partial charge in [0.15, 0.2) is 4.80 Å². The predicted molar refractivity (Wildman–Crippen MR) is 151 cm³/mol. The highest BCUT2D eigenvalue weighted by molar-refractivity contribution is 9.10. The maximum atomic E-state index is 13.8. The molecule has 9 heteroatoms. The van der Waals surface area contributed by atoms with Crippen molar-refractivity contribution in [3.05, 3.63) is 89.0 Å². The van der Waals surface area contributed by atoms with Gasteiger partial charge in [-0.05, 0) is 85.1 Å². The van der Waals surface area contributed by atoms with Gasteiger partial charge in [-0.2, -0.15) is 0 Å². The smallest absolute Gasteiger partial charge is 0.338 e. The standard InChI is InChI=1S/C28H30BrN3O4S/c1-7-35-20-11-9-19(10-12-20)25-24(27(34)36-16(2)3)17(4)30-28-32(25)26(33)23(37-28)15-18-8-13-22(31(5)6)21(29)14-18/h8-16,25H,7H2,1-6H3/b23-15+/t25-/m1/s1. The van der Waals surface area contributed by atoms with Crippen molar-refractivity contribution in [2.24, 2.45) is 4.99 Å². The second-order valence-corrected chi connectivity index (χ2v) is 11.0. The molecule has 0 aliphatic carbocycles. The van der Waals surface area contributed by atoms with Gasteiger partial charge >= 0.3 is 5.97 Å². The molecule has 1 atom stereocenters. The van der Waals surface area contributed by atoms with Crippen LogP contribution in [-0.4, -0.2) is 37.3 Å². The fourth-order valence-corrected chi connectivity index (χ4v) is 6.01. The molecule has 2 heterocycles. The molecule has 1 aliphatic rings. The van der Waals surface area contributed by atoms with Crippen molar-refractivity contribution in [3.8, 4) is 5.75 Å². The Balaban J connectivity index is 1.89. The molecule has 4 rings (SSSR count). The molecule has 2 aromatic carbocycles. The summed E-state index contributed by atoms with van der Waals surface area (Å²) in [7, 11) is 3.95. The lowest BCUT2D eigenvalue weighted by atomic mass is 9.96. The fourth-order valence-electron chi connectivity index (χ4n) is 4.22. The highest BCUT2D eigenvalue weighted by Crippen LogP contribution is 2.32. The summed E-state index contributed by atoms with van der Waals surface area (Å²) in [5.74, 6) is 0.241. The molecule has 1 aromatic heterocycles. The average Bonchev–Trinajstić information content (AvgIpc) is 3.12. The molecule has 0 bridgehead atoms. The minimum absolute atomic E-state index is 0.210. The third-order valence-electron chi connectivity index (χ3n) is 5.84. The molecule has 0 radical (unpaired) electrons. The summed E-state index contributed by atoms with van der Waals surface area (Å²) in [6, 6.07) is 12.7. The predicted octanol–water partition coefficient (Wildman–Crippen LogP) is 4.41. The summed E-state index contributed by atoms with van der Waals surface area (Å²) in [4.78, 5) is 34.2. The first-order chi connectivity index (χ1) is 17.6. The molecule has 0 fully saturated rings. The number of halogens is 1. The number of benzene rings is 2. The number of fused-ring (bicyclic) bond motifs is 1. The number of rotatable bonds is 7. The van der Waals surface area contributed by atoms with Gasteiger partial charge in [-0.3, -0.25) is 9.36 Å². The first-order valence-corrected chi connectivity index (χ1v) is 13.6. The van der Waals surface area contributed by atoms with E-state index in [1.165, 1.54) is 11.3 Å². The van der Waals surface area contributed by atoms with Crippen LogP contribution in [-0.2, 0) is 9.53 Å². The quantitative estimate of drug-likeness (QED) is 0.385. The van der Waals surface area contributed by atoms with Crippen LogP contribution in [0.4, 0.5) is 5.69 Å². The highest BCUT2D eigenvalue weighted by Gasteiger charge is 2.33. The molecule has 194 valence electrons. The van der Waals surface area contributed by atoms with Crippen molar-refractivity contribution in [1.82, 2.24) is 4.57 Å². The molecule has 0 N–H and O–H groups in total. The topological polar surface area (TPSA) is 73.1 Å². The van der Waals surface area contributed by atoms with Gasteiger partial charge in [-0.25, -0.2) is 9.79 Å². The second-order valence-electron chi connectivity index (χ2n) is 9.14. The number of allylic oxidation sites excluding steroid dienone is 1. The molecule has 0 spiro atoms. The fraction of sp³-hybridized carbons (Fsp3) is 0.321. The molecule has 7 nitrogen and oxygen atoms in total. The van der Waals surface area contributed by atoms with Crippen molar-refractivity contribution < 1.29 is 14.3 Å². The van der Waals surface area contributed by atoms with Gasteiger partial charge in [0.1, 0.15) is 5.75 Å². The zero-order valence-electron chi connectivity index (χ0n) is 21.7. The zero-order chi connectivity index (χ0) is 26.9. The molecule has 0 saturated carbocycles. The largest absolute Gasteiger partial charge is 0.494 e. The first-order valence-electron chi connectivity index (χ1n) is 12.0. The third kappa shape index (κ3) is 5.57. The molecule has 37 heavy (non-hydrogen) atoms. The Kier molecular flexibility index (Phi) is 8.04. The van der Waals surface area contributed by atoms with Crippen LogP contribution in [0.15, 0.2) is 68.0 Å². The van der Waals surface area contributed by atoms with Crippen molar-refractivity contribution in [1.29, 1.82) is 0 Å². The van der Waals surface area contributed by atoms with Gasteiger partial charge in [-0.1, -0.05) is 29.5 Å². The van der Waals surface area contributed by atoms with Gasteiger partial charge in [0.05, 0.1) is 40.2 Å². The Morgan fingerprint density at radius 3 is 2.51 bits per heavy atom. The number of thiazole rings is 1. The van der Waals surface area contributed by atoms with E-state index in [4.69, 9.17) is 9.47 Å². The van der Waals surface area contributed by atoms with Crippen molar-refractivity contribution in [2.75, 3.05) is 25.6 Å². The number of carbonyl (C=O) groups is 1. The van der Waals surface area contributed by atoms with Gasteiger partial charge in [0.25, 0.3) is 5.56 Å². The van der Waals surface area contributed by atoms with Crippen LogP contribution in [0.25, 0.3) is 6.08 Å². The van der Waals surface area contributed by atoms with Crippen molar-refractivity contribution in [2.45, 2.75) is 39.8 Å². The van der Waals surface area contributed by atoms with Crippen LogP contribution in [0.2, 0.25) is 0 Å². The monoisotopic (exact) mass is 583 g/mol. The number of hydrogen-bond acceptors (Lipinski definition) is 7. The zero-order valence-corrected chi connectivity index (χ0v) is 24.1. The molecule has 0 amide bonds. The maximum Gasteiger partial charge on any atom is 0.338 e. The van der Waals surface area contributed by atoms with Crippen molar-refractivity contribution >= 4 is 45.0 Å². The van der Waals surface area contributed by atoms with E-state index in [-0.39, 0.29) is 11.7 Å². The SMILES string of the molecule is CCOc1ccc([C@@H]2C(C(=O)OC(C)C)=C(C)N=c3s/c(=C/c4ccc(N(C)C)c(Br)c4)c(=O)n32)cc1. The minimum Gasteiger partial charge on any atom is -0.494 e. The van der Waals surface area contributed by atoms with Crippen LogP contribution in [0, 0.1) is 0 Å². The Morgan fingerprint density at radius 1 is 1.22 bits per heavy atom. The van der Waals surface area contributed by atoms with Crippen LogP contribution < -0.4 is 24.5 Å². The van der Waals surface area contributed by atoms with Gasteiger partial charge in [0, 0.05) is 18.6 Å². The Labute approximate surface area is 228 Å². The molecule has 3 aromatic rings. The Morgan fingerprint density at radius 2 is 1.92 bits per heavy atom. The van der Waals surface area contributed by atoms with Gasteiger partial charge < -0.3 is 14.4 Å². The number of esters is 1. The number of carbonyl (C=O) groups excluding carboxylic acids is 1. The lowest BCUT2D eigenvalue weighted by molar-refractivity contribution is -0.143. The van der Waals surface area contributed by atoms with E-state index < -0.39 is 12.0 Å². The average molecular weight is 585 g/mol. The molecule has 0 saturated heterocycles. The lowest BCUT2D eigenvalue weighted by Gasteiger charge is -2.25. The van der Waals surface area contributed by atoms with Crippen LogP contribution in [0.3, 0.4) is 0 Å². The number of nitrogens with zero attached hydrogens (tertiary/aromatic N) is 3. The van der Waals surface area contributed by atoms with E-state index in [0.29, 0.717) is 27.2 Å². The maximum absolute atomic E-state index is 13.8. The second kappa shape index (κ2) is 11.1. The first kappa shape index (κ1) is 26.9. The molecule has 0 unspecified atom stereocenters. The molecular formula is C28H30BrN3O4S.